The number of aryl methyl sites for hydroxylation is 1. The van der Waals surface area contributed by atoms with Crippen molar-refractivity contribution in [1.29, 1.82) is 0 Å². The van der Waals surface area contributed by atoms with E-state index in [0.29, 0.717) is 5.56 Å². The number of amides is 1. The second-order valence-corrected chi connectivity index (χ2v) is 7.81. The molecule has 1 aliphatic heterocycles. The summed E-state index contributed by atoms with van der Waals surface area (Å²) in [6.07, 6.45) is 3.79. The molecule has 4 rings (SSSR count). The van der Waals surface area contributed by atoms with Crippen LogP contribution in [-0.4, -0.2) is 34.9 Å². The highest BCUT2D eigenvalue weighted by atomic mass is 16.1. The Bertz CT molecular complexity index is 945. The lowest BCUT2D eigenvalue weighted by Gasteiger charge is -2.32. The Morgan fingerprint density at radius 1 is 1.03 bits per heavy atom. The van der Waals surface area contributed by atoms with Gasteiger partial charge in [-0.2, -0.15) is 0 Å². The molecule has 0 atom stereocenters. The highest BCUT2D eigenvalue weighted by Crippen LogP contribution is 2.19. The molecule has 0 unspecified atom stereocenters. The Balaban J connectivity index is 1.30. The molecule has 1 saturated heterocycles. The lowest BCUT2D eigenvalue weighted by Crippen LogP contribution is -2.44. The van der Waals surface area contributed by atoms with Crippen molar-refractivity contribution in [3.05, 3.63) is 89.6 Å². The van der Waals surface area contributed by atoms with Crippen LogP contribution >= 0.6 is 0 Å². The van der Waals surface area contributed by atoms with Gasteiger partial charge in [-0.05, 0) is 55.2 Å². The molecule has 0 bridgehead atoms. The van der Waals surface area contributed by atoms with Crippen LogP contribution in [0.25, 0.3) is 11.3 Å². The Morgan fingerprint density at radius 3 is 2.45 bits per heavy atom. The van der Waals surface area contributed by atoms with Gasteiger partial charge in [-0.1, -0.05) is 42.5 Å². The van der Waals surface area contributed by atoms with Gasteiger partial charge in [-0.25, -0.2) is 0 Å². The summed E-state index contributed by atoms with van der Waals surface area (Å²) in [4.78, 5) is 19.5. The molecule has 29 heavy (non-hydrogen) atoms. The van der Waals surface area contributed by atoms with Crippen LogP contribution in [0.5, 0.6) is 0 Å². The predicted octanol–water partition coefficient (Wildman–Crippen LogP) is 4.45. The molecule has 1 N–H and O–H groups in total. The van der Waals surface area contributed by atoms with E-state index in [1.54, 1.807) is 0 Å². The number of hydrogen-bond acceptors (Lipinski definition) is 3. The standard InChI is InChI=1S/C25H27N3O/c1-19-11-14-26-24(17-19)21-7-9-22(10-8-21)25(29)27-23-12-15-28(16-13-23)18-20-5-3-2-4-6-20/h2-11,14,17,23H,12-13,15-16,18H2,1H3,(H,27,29). The first-order valence-electron chi connectivity index (χ1n) is 10.3. The molecule has 0 saturated carbocycles. The maximum atomic E-state index is 12.6. The van der Waals surface area contributed by atoms with Crippen LogP contribution in [0.15, 0.2) is 72.9 Å². The fourth-order valence-corrected chi connectivity index (χ4v) is 3.83. The quantitative estimate of drug-likeness (QED) is 0.706. The summed E-state index contributed by atoms with van der Waals surface area (Å²) in [5.74, 6) is 0.00950. The van der Waals surface area contributed by atoms with Crippen LogP contribution in [0, 0.1) is 6.92 Å². The molecular formula is C25H27N3O. The van der Waals surface area contributed by atoms with Crippen LogP contribution in [0.2, 0.25) is 0 Å². The predicted molar refractivity (Wildman–Crippen MR) is 117 cm³/mol. The molecule has 1 fully saturated rings. The summed E-state index contributed by atoms with van der Waals surface area (Å²) >= 11 is 0. The van der Waals surface area contributed by atoms with Crippen LogP contribution in [-0.2, 0) is 6.54 Å². The van der Waals surface area contributed by atoms with E-state index >= 15 is 0 Å². The number of hydrogen-bond donors (Lipinski definition) is 1. The van der Waals surface area contributed by atoms with Crippen molar-refractivity contribution in [1.82, 2.24) is 15.2 Å². The lowest BCUT2D eigenvalue weighted by molar-refractivity contribution is 0.0909. The van der Waals surface area contributed by atoms with Gasteiger partial charge in [-0.3, -0.25) is 14.7 Å². The third-order valence-corrected chi connectivity index (χ3v) is 5.53. The molecule has 2 aromatic carbocycles. The Labute approximate surface area is 172 Å². The van der Waals surface area contributed by atoms with Gasteiger partial charge in [0.2, 0.25) is 0 Å². The summed E-state index contributed by atoms with van der Waals surface area (Å²) in [7, 11) is 0. The fraction of sp³-hybridized carbons (Fsp3) is 0.280. The summed E-state index contributed by atoms with van der Waals surface area (Å²) in [6, 6.07) is 22.6. The summed E-state index contributed by atoms with van der Waals surface area (Å²) < 4.78 is 0. The second-order valence-electron chi connectivity index (χ2n) is 7.81. The molecule has 3 aromatic rings. The molecule has 0 spiro atoms. The molecule has 4 nitrogen and oxygen atoms in total. The number of carbonyl (C=O) groups excluding carboxylic acids is 1. The van der Waals surface area contributed by atoms with E-state index in [1.807, 2.05) is 36.5 Å². The van der Waals surface area contributed by atoms with Gasteiger partial charge in [0.25, 0.3) is 5.91 Å². The number of likely N-dealkylation sites (tertiary alicyclic amines) is 1. The minimum Gasteiger partial charge on any atom is -0.349 e. The number of rotatable bonds is 5. The highest BCUT2D eigenvalue weighted by molar-refractivity contribution is 5.94. The zero-order chi connectivity index (χ0) is 20.1. The van der Waals surface area contributed by atoms with E-state index in [4.69, 9.17) is 0 Å². The zero-order valence-corrected chi connectivity index (χ0v) is 16.8. The van der Waals surface area contributed by atoms with E-state index in [9.17, 15) is 4.79 Å². The van der Waals surface area contributed by atoms with Crippen LogP contribution in [0.1, 0.15) is 34.3 Å². The first-order chi connectivity index (χ1) is 14.2. The SMILES string of the molecule is Cc1ccnc(-c2ccc(C(=O)NC3CCN(Cc4ccccc4)CC3)cc2)c1. The Kier molecular flexibility index (Phi) is 6.01. The normalized spacial score (nSPS) is 15.2. The summed E-state index contributed by atoms with van der Waals surface area (Å²) in [5, 5.41) is 3.21. The number of carbonyl (C=O) groups is 1. The molecule has 1 aliphatic rings. The zero-order valence-electron chi connectivity index (χ0n) is 16.8. The minimum absolute atomic E-state index is 0.00950. The topological polar surface area (TPSA) is 45.2 Å². The first kappa shape index (κ1) is 19.3. The van der Waals surface area contributed by atoms with Crippen molar-refractivity contribution in [2.45, 2.75) is 32.4 Å². The molecule has 148 valence electrons. The third-order valence-electron chi connectivity index (χ3n) is 5.53. The number of piperidine rings is 1. The number of nitrogens with one attached hydrogen (secondary N) is 1. The number of pyridine rings is 1. The maximum absolute atomic E-state index is 12.6. The van der Waals surface area contributed by atoms with Gasteiger partial charge in [0.1, 0.15) is 0 Å². The average Bonchev–Trinajstić information content (AvgIpc) is 2.76. The van der Waals surface area contributed by atoms with Gasteiger partial charge in [0.05, 0.1) is 5.69 Å². The largest absolute Gasteiger partial charge is 0.349 e. The van der Waals surface area contributed by atoms with Crippen LogP contribution in [0.4, 0.5) is 0 Å². The number of nitrogens with zero attached hydrogens (tertiary/aromatic N) is 2. The summed E-state index contributed by atoms with van der Waals surface area (Å²) in [5.41, 5.74) is 5.18. The molecule has 1 aromatic heterocycles. The smallest absolute Gasteiger partial charge is 0.251 e. The second kappa shape index (κ2) is 9.01. The molecule has 2 heterocycles. The van der Waals surface area contributed by atoms with Gasteiger partial charge in [-0.15, -0.1) is 0 Å². The van der Waals surface area contributed by atoms with E-state index in [-0.39, 0.29) is 11.9 Å². The van der Waals surface area contributed by atoms with Gasteiger partial charge in [0, 0.05) is 43.0 Å². The van der Waals surface area contributed by atoms with Gasteiger partial charge < -0.3 is 5.32 Å². The monoisotopic (exact) mass is 385 g/mol. The molecular weight excluding hydrogens is 358 g/mol. The minimum atomic E-state index is 0.00950. The lowest BCUT2D eigenvalue weighted by atomic mass is 10.0. The van der Waals surface area contributed by atoms with Gasteiger partial charge in [0.15, 0.2) is 0 Å². The first-order valence-corrected chi connectivity index (χ1v) is 10.3. The fourth-order valence-electron chi connectivity index (χ4n) is 3.83. The van der Waals surface area contributed by atoms with E-state index in [1.165, 1.54) is 11.1 Å². The van der Waals surface area contributed by atoms with Crippen molar-refractivity contribution in [2.24, 2.45) is 0 Å². The number of benzene rings is 2. The molecule has 0 aliphatic carbocycles. The Morgan fingerprint density at radius 2 is 1.76 bits per heavy atom. The van der Waals surface area contributed by atoms with Crippen molar-refractivity contribution in [3.63, 3.8) is 0 Å². The summed E-state index contributed by atoms with van der Waals surface area (Å²) in [6.45, 7) is 5.06. The van der Waals surface area contributed by atoms with Crippen LogP contribution in [0.3, 0.4) is 0 Å². The molecule has 0 radical (unpaired) electrons. The number of aromatic nitrogens is 1. The van der Waals surface area contributed by atoms with Crippen molar-refractivity contribution in [3.8, 4) is 11.3 Å². The van der Waals surface area contributed by atoms with Crippen molar-refractivity contribution in [2.75, 3.05) is 13.1 Å². The van der Waals surface area contributed by atoms with Crippen LogP contribution < -0.4 is 5.32 Å². The maximum Gasteiger partial charge on any atom is 0.251 e. The van der Waals surface area contributed by atoms with Crippen molar-refractivity contribution < 1.29 is 4.79 Å². The van der Waals surface area contributed by atoms with Gasteiger partial charge >= 0.3 is 0 Å². The molecule has 1 amide bonds. The third kappa shape index (κ3) is 5.09. The molecule has 4 heteroatoms. The Hall–Kier alpha value is -2.98. The van der Waals surface area contributed by atoms with E-state index < -0.39 is 0 Å². The van der Waals surface area contributed by atoms with E-state index in [2.05, 4.69) is 58.5 Å². The highest BCUT2D eigenvalue weighted by Gasteiger charge is 2.21. The van der Waals surface area contributed by atoms with Crippen molar-refractivity contribution >= 4 is 5.91 Å². The average molecular weight is 386 g/mol. The van der Waals surface area contributed by atoms with E-state index in [0.717, 1.165) is 43.7 Å².